The number of fused-ring (bicyclic) bond motifs is 8. The van der Waals surface area contributed by atoms with Gasteiger partial charge in [0.2, 0.25) is 0 Å². The largest absolute Gasteiger partial charge is 0.489 e. The van der Waals surface area contributed by atoms with Gasteiger partial charge in [0.15, 0.2) is 5.75 Å². The predicted molar refractivity (Wildman–Crippen MR) is 283 cm³/mol. The molecule has 0 saturated carbocycles. The molecule has 2 aromatic heterocycles. The van der Waals surface area contributed by atoms with Gasteiger partial charge in [-0.05, 0) is 88.1 Å². The molecule has 9 nitrogen and oxygen atoms in total. The summed E-state index contributed by atoms with van der Waals surface area (Å²) >= 11 is 0. The van der Waals surface area contributed by atoms with Gasteiger partial charge in [-0.25, -0.2) is 4.79 Å². The van der Waals surface area contributed by atoms with Crippen molar-refractivity contribution < 1.29 is 40.1 Å². The number of hydrogen-bond acceptors (Lipinski definition) is 9. The van der Waals surface area contributed by atoms with Crippen molar-refractivity contribution in [2.24, 2.45) is 0 Å². The van der Waals surface area contributed by atoms with Crippen molar-refractivity contribution in [1.29, 1.82) is 0 Å². The van der Waals surface area contributed by atoms with Crippen molar-refractivity contribution in [3.05, 3.63) is 235 Å². The molecule has 11 heteroatoms. The fourth-order valence-electron chi connectivity index (χ4n) is 8.83. The van der Waals surface area contributed by atoms with E-state index < -0.39 is 22.4 Å². The highest BCUT2D eigenvalue weighted by molar-refractivity contribution is 7.32. The van der Waals surface area contributed by atoms with Crippen LogP contribution in [0.2, 0.25) is 0 Å². The van der Waals surface area contributed by atoms with Gasteiger partial charge in [-0.15, -0.1) is 0 Å². The highest BCUT2D eigenvalue weighted by atomic mass is 31.1. The van der Waals surface area contributed by atoms with Gasteiger partial charge in [0.25, 0.3) is 0 Å². The monoisotopic (exact) mass is 968 g/mol. The first kappa shape index (κ1) is 43.7. The second-order valence-corrected chi connectivity index (χ2v) is 19.0. The Hall–Kier alpha value is -8.61. The van der Waals surface area contributed by atoms with Crippen LogP contribution in [0, 0.1) is 6.92 Å². The molecule has 71 heavy (non-hydrogen) atoms. The van der Waals surface area contributed by atoms with E-state index in [-0.39, 0.29) is 17.9 Å². The Labute approximate surface area is 409 Å². The minimum atomic E-state index is -2.27. The standard InChI is InChI=1S/C60H42O9P2/c1-39-26-28-40(29-27-39)37-62-44-33-30-41(31-34-44)38-63-60(61)51-36-43-15-3-5-17-46(43)58(59(51)69-71-66-54-24-12-8-20-49(54)50-21-9-13-25-55(50)67-71)57-45-16-4-2-14-42(45)32-35-56(57)68-70-64-52-22-10-6-18-47(52)48-19-7-11-23-53(48)65-70/h2-36H,37-38H2,1H3. The van der Waals surface area contributed by atoms with Gasteiger partial charge in [0, 0.05) is 32.7 Å². The van der Waals surface area contributed by atoms with Crippen molar-refractivity contribution in [2.75, 3.05) is 0 Å². The number of benzene rings is 10. The lowest BCUT2D eigenvalue weighted by Gasteiger charge is -2.20. The lowest BCUT2D eigenvalue weighted by molar-refractivity contribution is 0.0471. The molecule has 0 N–H and O–H groups in total. The Kier molecular flexibility index (Phi) is 11.7. The number of carbonyl (C=O) groups excluding carboxylic acids is 1. The van der Waals surface area contributed by atoms with E-state index in [0.717, 1.165) is 54.2 Å². The number of esters is 1. The summed E-state index contributed by atoms with van der Waals surface area (Å²) < 4.78 is 53.0. The van der Waals surface area contributed by atoms with Crippen molar-refractivity contribution in [3.8, 4) is 28.4 Å². The summed E-state index contributed by atoms with van der Waals surface area (Å²) in [5.74, 6) is 0.701. The zero-order valence-electron chi connectivity index (χ0n) is 38.2. The van der Waals surface area contributed by atoms with Gasteiger partial charge in [0.1, 0.15) is 52.6 Å². The average Bonchev–Trinajstić information content (AvgIpc) is 3.67. The zero-order valence-corrected chi connectivity index (χ0v) is 40.0. The van der Waals surface area contributed by atoms with E-state index >= 15 is 0 Å². The summed E-state index contributed by atoms with van der Waals surface area (Å²) in [6.07, 6.45) is 0. The summed E-state index contributed by atoms with van der Waals surface area (Å²) in [6, 6.07) is 68.5. The number of carbonyl (C=O) groups is 1. The molecule has 2 heterocycles. The molecule has 0 radical (unpaired) electrons. The minimum absolute atomic E-state index is 0.0221. The van der Waals surface area contributed by atoms with Crippen LogP contribution < -0.4 is 13.8 Å². The maximum Gasteiger partial charge on any atom is 0.453 e. The van der Waals surface area contributed by atoms with Crippen LogP contribution in [-0.2, 0) is 18.0 Å². The lowest BCUT2D eigenvalue weighted by Crippen LogP contribution is -2.08. The van der Waals surface area contributed by atoms with E-state index in [1.807, 2.05) is 182 Å². The predicted octanol–water partition coefficient (Wildman–Crippen LogP) is 17.8. The quantitative estimate of drug-likeness (QED) is 0.117. The average molecular weight is 969 g/mol. The first-order valence-electron chi connectivity index (χ1n) is 23.1. The third-order valence-electron chi connectivity index (χ3n) is 12.3. The van der Waals surface area contributed by atoms with Crippen LogP contribution in [0.1, 0.15) is 27.0 Å². The number of ether oxygens (including phenoxy) is 2. The van der Waals surface area contributed by atoms with Crippen LogP contribution >= 0.6 is 16.5 Å². The van der Waals surface area contributed by atoms with Crippen molar-refractivity contribution >= 4 is 87.9 Å². The summed E-state index contributed by atoms with van der Waals surface area (Å²) in [5, 5.41) is 6.76. The van der Waals surface area contributed by atoms with E-state index in [2.05, 4.69) is 31.2 Å². The topological polar surface area (TPSA) is 107 Å². The highest BCUT2D eigenvalue weighted by Gasteiger charge is 2.28. The molecule has 0 amide bonds. The SMILES string of the molecule is Cc1ccc(COc2ccc(COC(=O)c3cc4ccccc4c(-c4c(Op5oc6ccccc6c6ccccc6o5)ccc5ccccc45)c3Op3oc4ccccc4c4ccccc4o3)cc2)cc1. The Bertz CT molecular complexity index is 3930. The number of rotatable bonds is 11. The lowest BCUT2D eigenvalue weighted by atomic mass is 9.90. The molecule has 0 spiro atoms. The van der Waals surface area contributed by atoms with E-state index in [1.54, 1.807) is 6.07 Å². The van der Waals surface area contributed by atoms with Gasteiger partial charge < -0.3 is 35.3 Å². The summed E-state index contributed by atoms with van der Waals surface area (Å²) in [4.78, 5) is 15.0. The van der Waals surface area contributed by atoms with E-state index in [4.69, 9.17) is 35.3 Å². The minimum Gasteiger partial charge on any atom is -0.489 e. The third-order valence-corrected chi connectivity index (χ3v) is 14.4. The van der Waals surface area contributed by atoms with Crippen LogP contribution in [0.4, 0.5) is 0 Å². The molecule has 0 aliphatic carbocycles. The molecule has 0 saturated heterocycles. The molecular weight excluding hydrogens is 927 g/mol. The van der Waals surface area contributed by atoms with Crippen LogP contribution in [0.5, 0.6) is 17.2 Å². The molecule has 0 unspecified atom stereocenters. The van der Waals surface area contributed by atoms with Crippen molar-refractivity contribution in [2.45, 2.75) is 20.1 Å². The zero-order chi connectivity index (χ0) is 47.7. The van der Waals surface area contributed by atoms with Gasteiger partial charge in [0.05, 0.1) is 0 Å². The van der Waals surface area contributed by atoms with Gasteiger partial charge in [-0.3, -0.25) is 0 Å². The Balaban J connectivity index is 1.03. The third kappa shape index (κ3) is 8.85. The summed E-state index contributed by atoms with van der Waals surface area (Å²) in [7, 11) is -4.37. The Morgan fingerprint density at radius 1 is 0.437 bits per heavy atom. The van der Waals surface area contributed by atoms with Gasteiger partial charge >= 0.3 is 22.4 Å². The highest BCUT2D eigenvalue weighted by Crippen LogP contribution is 2.52. The second kappa shape index (κ2) is 19.1. The molecule has 0 atom stereocenters. The number of para-hydroxylation sites is 4. The van der Waals surface area contributed by atoms with Crippen LogP contribution in [-0.4, -0.2) is 5.97 Å². The fraction of sp³-hybridized carbons (Fsp3) is 0.0500. The summed E-state index contributed by atoms with van der Waals surface area (Å²) in [6.45, 7) is 2.47. The normalized spacial score (nSPS) is 11.3. The van der Waals surface area contributed by atoms with E-state index in [1.165, 1.54) is 5.56 Å². The molecule has 0 fully saturated rings. The molecule has 12 aromatic rings. The Morgan fingerprint density at radius 3 is 1.45 bits per heavy atom. The second-order valence-electron chi connectivity index (χ2n) is 17.0. The smallest absolute Gasteiger partial charge is 0.453 e. The van der Waals surface area contributed by atoms with Gasteiger partial charge in [-0.2, -0.15) is 0 Å². The van der Waals surface area contributed by atoms with Crippen LogP contribution in [0.3, 0.4) is 0 Å². The molecule has 346 valence electrons. The fourth-order valence-corrected chi connectivity index (χ4v) is 11.0. The van der Waals surface area contributed by atoms with Crippen LogP contribution in [0.15, 0.2) is 229 Å². The summed E-state index contributed by atoms with van der Waals surface area (Å²) in [5.41, 5.74) is 6.78. The van der Waals surface area contributed by atoms with Crippen molar-refractivity contribution in [3.63, 3.8) is 0 Å². The molecular formula is C60H42O9P2. The number of aryl methyl sites for hydroxylation is 1. The Morgan fingerprint density at radius 2 is 0.887 bits per heavy atom. The maximum atomic E-state index is 15.0. The maximum absolute atomic E-state index is 15.0. The number of hydrogen-bond donors (Lipinski definition) is 0. The first-order valence-corrected chi connectivity index (χ1v) is 25.3. The molecule has 0 aliphatic heterocycles. The molecule has 0 bridgehead atoms. The van der Waals surface area contributed by atoms with E-state index in [9.17, 15) is 4.79 Å². The van der Waals surface area contributed by atoms with Crippen LogP contribution in [0.25, 0.3) is 76.5 Å². The molecule has 0 aliphatic rings. The van der Waals surface area contributed by atoms with Gasteiger partial charge in [-0.1, -0.05) is 169 Å². The molecule has 10 aromatic carbocycles. The molecule has 12 rings (SSSR count). The first-order chi connectivity index (χ1) is 35.0. The van der Waals surface area contributed by atoms with Crippen molar-refractivity contribution in [1.82, 2.24) is 0 Å². The van der Waals surface area contributed by atoms with E-state index in [0.29, 0.717) is 51.6 Å².